The molecule has 0 amide bonds. The monoisotopic (exact) mass is 286 g/mol. The van der Waals surface area contributed by atoms with Crippen molar-refractivity contribution < 1.29 is 4.79 Å². The van der Waals surface area contributed by atoms with Crippen LogP contribution in [0, 0.1) is 12.8 Å². The maximum Gasteiger partial charge on any atom is 0.133 e. The Balaban J connectivity index is 2.43. The van der Waals surface area contributed by atoms with Crippen molar-refractivity contribution in [3.63, 3.8) is 0 Å². The molecule has 116 valence electrons. The van der Waals surface area contributed by atoms with Crippen LogP contribution in [0.2, 0.25) is 0 Å². The predicted octanol–water partition coefficient (Wildman–Crippen LogP) is 5.76. The van der Waals surface area contributed by atoms with E-state index >= 15 is 0 Å². The topological polar surface area (TPSA) is 17.1 Å². The molecule has 0 aromatic heterocycles. The van der Waals surface area contributed by atoms with Gasteiger partial charge in [-0.05, 0) is 48.6 Å². The quantitative estimate of drug-likeness (QED) is 0.643. The van der Waals surface area contributed by atoms with E-state index in [1.807, 2.05) is 0 Å². The molecule has 1 saturated carbocycles. The van der Waals surface area contributed by atoms with Crippen LogP contribution in [0.25, 0.3) is 0 Å². The van der Waals surface area contributed by atoms with Gasteiger partial charge in [-0.2, -0.15) is 0 Å². The molecule has 1 unspecified atom stereocenters. The summed E-state index contributed by atoms with van der Waals surface area (Å²) in [5, 5.41) is 0. The summed E-state index contributed by atoms with van der Waals surface area (Å²) in [6.07, 6.45) is 6.33. The third-order valence-corrected chi connectivity index (χ3v) is 4.97. The van der Waals surface area contributed by atoms with Gasteiger partial charge in [-0.3, -0.25) is 4.79 Å². The molecule has 1 heteroatoms. The molecule has 1 fully saturated rings. The fourth-order valence-electron chi connectivity index (χ4n) is 3.90. The third-order valence-electron chi connectivity index (χ3n) is 4.97. The zero-order valence-corrected chi connectivity index (χ0v) is 14.1. The van der Waals surface area contributed by atoms with Gasteiger partial charge in [-0.1, -0.05) is 57.4 Å². The van der Waals surface area contributed by atoms with Crippen LogP contribution in [0.1, 0.15) is 87.8 Å². The lowest BCUT2D eigenvalue weighted by atomic mass is 9.76. The van der Waals surface area contributed by atoms with Crippen molar-refractivity contribution in [2.45, 2.75) is 78.1 Å². The highest BCUT2D eigenvalue weighted by atomic mass is 16.1. The van der Waals surface area contributed by atoms with Crippen molar-refractivity contribution in [2.24, 2.45) is 5.92 Å². The molecule has 1 aliphatic rings. The summed E-state index contributed by atoms with van der Waals surface area (Å²) in [5.41, 5.74) is 4.22. The molecular formula is C20H30O. The van der Waals surface area contributed by atoms with Crippen LogP contribution in [0.4, 0.5) is 0 Å². The van der Waals surface area contributed by atoms with E-state index in [9.17, 15) is 4.79 Å². The van der Waals surface area contributed by atoms with Crippen molar-refractivity contribution in [3.05, 3.63) is 34.9 Å². The van der Waals surface area contributed by atoms with Crippen molar-refractivity contribution in [1.29, 1.82) is 0 Å². The minimum Gasteiger partial charge on any atom is -0.300 e. The summed E-state index contributed by atoms with van der Waals surface area (Å²) in [6, 6.07) is 6.85. The van der Waals surface area contributed by atoms with Crippen molar-refractivity contribution in [3.8, 4) is 0 Å². The molecule has 1 nitrogen and oxygen atoms in total. The smallest absolute Gasteiger partial charge is 0.133 e. The molecule has 1 aromatic carbocycles. The molecule has 0 aliphatic heterocycles. The maximum atomic E-state index is 12.2. The number of carbonyl (C=O) groups excluding carboxylic acids is 1. The molecular weight excluding hydrogens is 256 g/mol. The van der Waals surface area contributed by atoms with Gasteiger partial charge < -0.3 is 0 Å². The third kappa shape index (κ3) is 3.96. The van der Waals surface area contributed by atoms with Crippen LogP contribution in [0.5, 0.6) is 0 Å². The van der Waals surface area contributed by atoms with E-state index < -0.39 is 0 Å². The van der Waals surface area contributed by atoms with Crippen LogP contribution in [0.15, 0.2) is 18.2 Å². The van der Waals surface area contributed by atoms with E-state index in [-0.39, 0.29) is 0 Å². The van der Waals surface area contributed by atoms with Crippen molar-refractivity contribution >= 4 is 5.78 Å². The van der Waals surface area contributed by atoms with Gasteiger partial charge in [-0.15, -0.1) is 0 Å². The first-order valence-corrected chi connectivity index (χ1v) is 8.65. The first kappa shape index (κ1) is 16.3. The van der Waals surface area contributed by atoms with E-state index in [0.717, 1.165) is 19.3 Å². The maximum absolute atomic E-state index is 12.2. The number of Topliss-reactive ketones (excluding diaryl/α,β-unsaturated/α-hetero) is 1. The lowest BCUT2D eigenvalue weighted by Crippen LogP contribution is -2.16. The van der Waals surface area contributed by atoms with Crippen LogP contribution < -0.4 is 0 Å². The number of hydrogen-bond donors (Lipinski definition) is 0. The van der Waals surface area contributed by atoms with Crippen LogP contribution in [-0.2, 0) is 4.79 Å². The Bertz CT molecular complexity index is 487. The van der Waals surface area contributed by atoms with Gasteiger partial charge in [0.25, 0.3) is 0 Å². The summed E-state index contributed by atoms with van der Waals surface area (Å²) in [6.45, 7) is 8.97. The van der Waals surface area contributed by atoms with Gasteiger partial charge in [0.15, 0.2) is 0 Å². The molecule has 1 aromatic rings. The predicted molar refractivity (Wildman–Crippen MR) is 89.9 cm³/mol. The van der Waals surface area contributed by atoms with Gasteiger partial charge in [-0.25, -0.2) is 0 Å². The zero-order chi connectivity index (χ0) is 15.4. The molecule has 0 N–H and O–H groups in total. The fourth-order valence-corrected chi connectivity index (χ4v) is 3.90. The average molecular weight is 286 g/mol. The van der Waals surface area contributed by atoms with Crippen LogP contribution >= 0.6 is 0 Å². The Morgan fingerprint density at radius 3 is 2.71 bits per heavy atom. The summed E-state index contributed by atoms with van der Waals surface area (Å²) >= 11 is 0. The van der Waals surface area contributed by atoms with Crippen molar-refractivity contribution in [1.82, 2.24) is 0 Å². The second-order valence-electron chi connectivity index (χ2n) is 7.08. The van der Waals surface area contributed by atoms with Crippen molar-refractivity contribution in [2.75, 3.05) is 0 Å². The standard InChI is InChI=1S/C20H30O/c1-5-7-16-8-6-9-17(21)13-19(16)20-12-15(4)10-11-18(20)14(2)3/h10-12,14,16,19H,5-9,13H2,1-4H3/t16-,19?/m0/s1. The molecule has 2 atom stereocenters. The molecule has 21 heavy (non-hydrogen) atoms. The van der Waals surface area contributed by atoms with Gasteiger partial charge in [0.1, 0.15) is 5.78 Å². The van der Waals surface area contributed by atoms with Crippen LogP contribution in [-0.4, -0.2) is 5.78 Å². The Morgan fingerprint density at radius 1 is 1.29 bits per heavy atom. The lowest BCUT2D eigenvalue weighted by Gasteiger charge is -2.28. The SMILES string of the molecule is CCC[C@H]1CCCC(=O)CC1c1cc(C)ccc1C(C)C. The largest absolute Gasteiger partial charge is 0.300 e. The van der Waals surface area contributed by atoms with Gasteiger partial charge in [0.05, 0.1) is 0 Å². The minimum absolute atomic E-state index is 0.442. The fraction of sp³-hybridized carbons (Fsp3) is 0.650. The highest BCUT2D eigenvalue weighted by Crippen LogP contribution is 2.41. The van der Waals surface area contributed by atoms with Gasteiger partial charge >= 0.3 is 0 Å². The molecule has 1 aliphatic carbocycles. The zero-order valence-electron chi connectivity index (χ0n) is 14.1. The molecule has 0 spiro atoms. The Labute approximate surface area is 130 Å². The summed E-state index contributed by atoms with van der Waals surface area (Å²) in [5.74, 6) is 2.12. The molecule has 0 bridgehead atoms. The number of carbonyl (C=O) groups is 1. The summed E-state index contributed by atoms with van der Waals surface area (Å²) < 4.78 is 0. The minimum atomic E-state index is 0.442. The first-order valence-electron chi connectivity index (χ1n) is 8.65. The van der Waals surface area contributed by atoms with E-state index in [2.05, 4.69) is 45.9 Å². The second-order valence-corrected chi connectivity index (χ2v) is 7.08. The number of benzene rings is 1. The summed E-state index contributed by atoms with van der Waals surface area (Å²) in [4.78, 5) is 12.2. The molecule has 0 heterocycles. The lowest BCUT2D eigenvalue weighted by molar-refractivity contribution is -0.119. The van der Waals surface area contributed by atoms with Gasteiger partial charge in [0.2, 0.25) is 0 Å². The van der Waals surface area contributed by atoms with E-state index in [0.29, 0.717) is 23.5 Å². The van der Waals surface area contributed by atoms with E-state index in [4.69, 9.17) is 0 Å². The first-order chi connectivity index (χ1) is 10.0. The Morgan fingerprint density at radius 2 is 2.05 bits per heavy atom. The number of rotatable bonds is 4. The van der Waals surface area contributed by atoms with Gasteiger partial charge in [0, 0.05) is 12.8 Å². The molecule has 2 rings (SSSR count). The number of ketones is 1. The normalized spacial score (nSPS) is 23.4. The molecule has 0 radical (unpaired) electrons. The average Bonchev–Trinajstić information content (AvgIpc) is 2.61. The number of hydrogen-bond acceptors (Lipinski definition) is 1. The molecule has 0 saturated heterocycles. The van der Waals surface area contributed by atoms with E-state index in [1.54, 1.807) is 0 Å². The Kier molecular flexibility index (Phi) is 5.61. The highest BCUT2D eigenvalue weighted by molar-refractivity contribution is 5.79. The summed E-state index contributed by atoms with van der Waals surface area (Å²) in [7, 11) is 0. The van der Waals surface area contributed by atoms with E-state index in [1.165, 1.54) is 36.0 Å². The second kappa shape index (κ2) is 7.24. The van der Waals surface area contributed by atoms with Crippen LogP contribution in [0.3, 0.4) is 0 Å². The number of aryl methyl sites for hydroxylation is 1. The Hall–Kier alpha value is -1.11. The highest BCUT2D eigenvalue weighted by Gasteiger charge is 2.29.